The molecule has 3 N–H and O–H groups in total. The molecule has 22 heavy (non-hydrogen) atoms. The molecule has 0 spiro atoms. The van der Waals surface area contributed by atoms with Crippen LogP contribution in [0.1, 0.15) is 11.1 Å². The summed E-state index contributed by atoms with van der Waals surface area (Å²) in [5.74, 6) is 0.456. The van der Waals surface area contributed by atoms with Crippen molar-refractivity contribution in [2.45, 2.75) is 13.5 Å². The largest absolute Gasteiger partial charge is 0.370 e. The van der Waals surface area contributed by atoms with Crippen LogP contribution in [0.15, 0.2) is 59.6 Å². The van der Waals surface area contributed by atoms with Gasteiger partial charge in [-0.05, 0) is 31.7 Å². The van der Waals surface area contributed by atoms with Crippen LogP contribution in [0.25, 0.3) is 0 Å². The predicted molar refractivity (Wildman–Crippen MR) is 94.1 cm³/mol. The first-order valence-corrected chi connectivity index (χ1v) is 7.49. The van der Waals surface area contributed by atoms with Gasteiger partial charge in [0.25, 0.3) is 0 Å². The Balaban J connectivity index is 1.75. The van der Waals surface area contributed by atoms with E-state index in [0.29, 0.717) is 12.5 Å². The molecule has 4 nitrogen and oxygen atoms in total. The van der Waals surface area contributed by atoms with E-state index >= 15 is 0 Å². The van der Waals surface area contributed by atoms with E-state index in [1.54, 1.807) is 0 Å². The monoisotopic (exact) mass is 296 g/mol. The lowest BCUT2D eigenvalue weighted by molar-refractivity contribution is 0.336. The van der Waals surface area contributed by atoms with Crippen molar-refractivity contribution in [3.05, 3.63) is 65.7 Å². The fourth-order valence-corrected chi connectivity index (χ4v) is 2.14. The molecule has 2 aromatic rings. The smallest absolute Gasteiger partial charge is 0.193 e. The molecule has 0 unspecified atom stereocenters. The topological polar surface area (TPSA) is 53.6 Å². The second-order valence-electron chi connectivity index (χ2n) is 5.48. The number of anilines is 1. The van der Waals surface area contributed by atoms with Gasteiger partial charge >= 0.3 is 0 Å². The van der Waals surface area contributed by atoms with Crippen molar-refractivity contribution in [3.63, 3.8) is 0 Å². The van der Waals surface area contributed by atoms with E-state index in [0.717, 1.165) is 18.8 Å². The third-order valence-corrected chi connectivity index (χ3v) is 3.38. The van der Waals surface area contributed by atoms with Crippen LogP contribution in [0.3, 0.4) is 0 Å². The Kier molecular flexibility index (Phi) is 5.98. The summed E-state index contributed by atoms with van der Waals surface area (Å²) in [6.45, 7) is 4.52. The minimum Gasteiger partial charge on any atom is -0.370 e. The minimum absolute atomic E-state index is 0.456. The van der Waals surface area contributed by atoms with Crippen LogP contribution in [-0.4, -0.2) is 31.0 Å². The first-order valence-electron chi connectivity index (χ1n) is 7.49. The van der Waals surface area contributed by atoms with Crippen LogP contribution in [0, 0.1) is 6.92 Å². The van der Waals surface area contributed by atoms with E-state index in [2.05, 4.69) is 53.4 Å². The van der Waals surface area contributed by atoms with E-state index in [4.69, 9.17) is 5.73 Å². The molecule has 0 heterocycles. The number of hydrogen-bond donors (Lipinski definition) is 2. The number of nitrogens with zero attached hydrogens (tertiary/aromatic N) is 2. The summed E-state index contributed by atoms with van der Waals surface area (Å²) in [6.07, 6.45) is 0. The molecule has 0 aliphatic rings. The maximum atomic E-state index is 5.90. The van der Waals surface area contributed by atoms with E-state index in [1.807, 2.05) is 30.3 Å². The Morgan fingerprint density at radius 1 is 1.09 bits per heavy atom. The van der Waals surface area contributed by atoms with Gasteiger partial charge in [-0.15, -0.1) is 0 Å². The first-order chi connectivity index (χ1) is 10.6. The Hall–Kier alpha value is -2.33. The van der Waals surface area contributed by atoms with Gasteiger partial charge in [0.15, 0.2) is 5.96 Å². The fraction of sp³-hybridized carbons (Fsp3) is 0.278. The molecular formula is C18H24N4. The lowest BCUT2D eigenvalue weighted by atomic mass is 10.2. The summed E-state index contributed by atoms with van der Waals surface area (Å²) in [6, 6.07) is 18.5. The van der Waals surface area contributed by atoms with Gasteiger partial charge in [0.05, 0.1) is 6.54 Å². The maximum absolute atomic E-state index is 5.90. The lowest BCUT2D eigenvalue weighted by Gasteiger charge is -2.15. The Morgan fingerprint density at radius 2 is 1.77 bits per heavy atom. The van der Waals surface area contributed by atoms with Gasteiger partial charge in [0, 0.05) is 18.8 Å². The van der Waals surface area contributed by atoms with Crippen molar-refractivity contribution in [3.8, 4) is 0 Å². The van der Waals surface area contributed by atoms with Crippen molar-refractivity contribution < 1.29 is 0 Å². The number of nitrogens with two attached hydrogens (primary N) is 1. The Labute approximate surface area is 132 Å². The molecule has 0 fully saturated rings. The van der Waals surface area contributed by atoms with Gasteiger partial charge in [-0.3, -0.25) is 4.99 Å². The molecule has 0 atom stereocenters. The van der Waals surface area contributed by atoms with Gasteiger partial charge < -0.3 is 16.0 Å². The van der Waals surface area contributed by atoms with Crippen molar-refractivity contribution in [1.29, 1.82) is 0 Å². The third-order valence-electron chi connectivity index (χ3n) is 3.38. The van der Waals surface area contributed by atoms with E-state index < -0.39 is 0 Å². The van der Waals surface area contributed by atoms with E-state index in [1.165, 1.54) is 11.1 Å². The Bertz CT molecular complexity index is 590. The summed E-state index contributed by atoms with van der Waals surface area (Å²) < 4.78 is 0. The van der Waals surface area contributed by atoms with Gasteiger partial charge in [0.2, 0.25) is 0 Å². The molecule has 0 radical (unpaired) electrons. The number of aliphatic imine (C=N–C) groups is 1. The summed E-state index contributed by atoms with van der Waals surface area (Å²) in [5.41, 5.74) is 9.40. The number of likely N-dealkylation sites (N-methyl/N-ethyl adjacent to an activating group) is 1. The number of benzene rings is 2. The molecule has 0 amide bonds. The van der Waals surface area contributed by atoms with Crippen LogP contribution in [0.2, 0.25) is 0 Å². The minimum atomic E-state index is 0.456. The second kappa shape index (κ2) is 8.20. The molecule has 0 saturated carbocycles. The second-order valence-corrected chi connectivity index (χ2v) is 5.48. The molecule has 116 valence electrons. The molecule has 0 aromatic heterocycles. The Morgan fingerprint density at radius 3 is 2.45 bits per heavy atom. The number of nitrogens with one attached hydrogen (secondary N) is 1. The van der Waals surface area contributed by atoms with Gasteiger partial charge in [-0.2, -0.15) is 0 Å². The zero-order valence-electron chi connectivity index (χ0n) is 13.3. The molecular weight excluding hydrogens is 272 g/mol. The number of rotatable bonds is 6. The van der Waals surface area contributed by atoms with E-state index in [9.17, 15) is 0 Å². The average Bonchev–Trinajstić information content (AvgIpc) is 2.50. The highest BCUT2D eigenvalue weighted by Crippen LogP contribution is 2.07. The highest BCUT2D eigenvalue weighted by Gasteiger charge is 2.00. The molecule has 0 aliphatic heterocycles. The highest BCUT2D eigenvalue weighted by atomic mass is 15.1. The van der Waals surface area contributed by atoms with Crippen LogP contribution < -0.4 is 11.1 Å². The SMILES string of the molecule is Cc1ccc(NC(N)=NCCN(C)Cc2ccccc2)cc1. The molecule has 2 aromatic carbocycles. The standard InChI is InChI=1S/C18H24N4/c1-15-8-10-17(11-9-15)21-18(19)20-12-13-22(2)14-16-6-4-3-5-7-16/h3-11H,12-14H2,1-2H3,(H3,19,20,21). The first kappa shape index (κ1) is 16.0. The normalized spacial score (nSPS) is 11.7. The van der Waals surface area contributed by atoms with Crippen LogP contribution in [-0.2, 0) is 6.54 Å². The zero-order chi connectivity index (χ0) is 15.8. The van der Waals surface area contributed by atoms with Crippen LogP contribution in [0.5, 0.6) is 0 Å². The van der Waals surface area contributed by atoms with Gasteiger partial charge in [-0.1, -0.05) is 48.0 Å². The summed E-state index contributed by atoms with van der Waals surface area (Å²) in [4.78, 5) is 6.60. The zero-order valence-corrected chi connectivity index (χ0v) is 13.3. The molecule has 0 aliphatic carbocycles. The summed E-state index contributed by atoms with van der Waals surface area (Å²) in [5, 5.41) is 3.10. The number of hydrogen-bond acceptors (Lipinski definition) is 2. The van der Waals surface area contributed by atoms with Crippen molar-refractivity contribution in [1.82, 2.24) is 4.90 Å². The fourth-order valence-electron chi connectivity index (χ4n) is 2.14. The molecule has 0 bridgehead atoms. The van der Waals surface area contributed by atoms with E-state index in [-0.39, 0.29) is 0 Å². The number of guanidine groups is 1. The van der Waals surface area contributed by atoms with Crippen LogP contribution in [0.4, 0.5) is 5.69 Å². The highest BCUT2D eigenvalue weighted by molar-refractivity contribution is 5.92. The van der Waals surface area contributed by atoms with Crippen molar-refractivity contribution in [2.75, 3.05) is 25.5 Å². The summed E-state index contributed by atoms with van der Waals surface area (Å²) >= 11 is 0. The third kappa shape index (κ3) is 5.58. The molecule has 2 rings (SSSR count). The quantitative estimate of drug-likeness (QED) is 0.636. The van der Waals surface area contributed by atoms with Crippen LogP contribution >= 0.6 is 0 Å². The molecule has 4 heteroatoms. The molecule has 0 saturated heterocycles. The maximum Gasteiger partial charge on any atom is 0.193 e. The van der Waals surface area contributed by atoms with Crippen molar-refractivity contribution in [2.24, 2.45) is 10.7 Å². The average molecular weight is 296 g/mol. The van der Waals surface area contributed by atoms with Gasteiger partial charge in [-0.25, -0.2) is 0 Å². The van der Waals surface area contributed by atoms with Gasteiger partial charge in [0.1, 0.15) is 0 Å². The predicted octanol–water partition coefficient (Wildman–Crippen LogP) is 2.85. The summed E-state index contributed by atoms with van der Waals surface area (Å²) in [7, 11) is 2.09. The van der Waals surface area contributed by atoms with Crippen molar-refractivity contribution >= 4 is 11.6 Å². The lowest BCUT2D eigenvalue weighted by Crippen LogP contribution is -2.26. The number of aryl methyl sites for hydroxylation is 1.